The number of nitrogens with one attached hydrogen (secondary N) is 2. The molecule has 0 aliphatic heterocycles. The van der Waals surface area contributed by atoms with Crippen LogP contribution in [0.3, 0.4) is 0 Å². The Hall–Kier alpha value is -2.22. The summed E-state index contributed by atoms with van der Waals surface area (Å²) in [6, 6.07) is 6.34. The lowest BCUT2D eigenvalue weighted by atomic mass is 10.3. The van der Waals surface area contributed by atoms with Gasteiger partial charge in [-0.2, -0.15) is 5.26 Å². The van der Waals surface area contributed by atoms with Crippen molar-refractivity contribution in [3.8, 4) is 11.9 Å². The SMILES string of the molecule is COc1ccccc1NC(=O)NC#N. The van der Waals surface area contributed by atoms with E-state index in [2.05, 4.69) is 5.32 Å². The molecule has 72 valence electrons. The fourth-order valence-electron chi connectivity index (χ4n) is 0.952. The fourth-order valence-corrected chi connectivity index (χ4v) is 0.952. The summed E-state index contributed by atoms with van der Waals surface area (Å²) in [7, 11) is 1.50. The first-order chi connectivity index (χ1) is 6.77. The predicted octanol–water partition coefficient (Wildman–Crippen LogP) is 1.30. The van der Waals surface area contributed by atoms with Crippen LogP contribution in [0.25, 0.3) is 0 Å². The van der Waals surface area contributed by atoms with Gasteiger partial charge in [0.15, 0.2) is 6.19 Å². The molecule has 0 heterocycles. The van der Waals surface area contributed by atoms with Crippen molar-refractivity contribution in [2.75, 3.05) is 12.4 Å². The minimum Gasteiger partial charge on any atom is -0.495 e. The van der Waals surface area contributed by atoms with Crippen LogP contribution in [0.15, 0.2) is 24.3 Å². The lowest BCUT2D eigenvalue weighted by Crippen LogP contribution is -2.24. The highest BCUT2D eigenvalue weighted by molar-refractivity contribution is 5.91. The Morgan fingerprint density at radius 2 is 2.21 bits per heavy atom. The van der Waals surface area contributed by atoms with Crippen molar-refractivity contribution in [3.05, 3.63) is 24.3 Å². The first kappa shape index (κ1) is 9.86. The van der Waals surface area contributed by atoms with E-state index in [0.29, 0.717) is 11.4 Å². The number of nitrogens with zero attached hydrogens (tertiary/aromatic N) is 1. The molecule has 2 N–H and O–H groups in total. The maximum absolute atomic E-state index is 11.0. The zero-order valence-corrected chi connectivity index (χ0v) is 7.57. The van der Waals surface area contributed by atoms with Gasteiger partial charge in [-0.3, -0.25) is 0 Å². The maximum Gasteiger partial charge on any atom is 0.332 e. The molecule has 1 aromatic rings. The van der Waals surface area contributed by atoms with Crippen molar-refractivity contribution < 1.29 is 9.53 Å². The van der Waals surface area contributed by atoms with Crippen LogP contribution in [0.2, 0.25) is 0 Å². The smallest absolute Gasteiger partial charge is 0.332 e. The Balaban J connectivity index is 2.76. The molecule has 1 aromatic carbocycles. The molecular weight excluding hydrogens is 182 g/mol. The third kappa shape index (κ3) is 2.38. The summed E-state index contributed by atoms with van der Waals surface area (Å²) in [6.45, 7) is 0. The number of ether oxygens (including phenoxy) is 1. The number of carbonyl (C=O) groups excluding carboxylic acids is 1. The Bertz CT molecular complexity index is 371. The maximum atomic E-state index is 11.0. The van der Waals surface area contributed by atoms with Crippen LogP contribution in [-0.2, 0) is 0 Å². The van der Waals surface area contributed by atoms with Gasteiger partial charge in [-0.05, 0) is 12.1 Å². The summed E-state index contributed by atoms with van der Waals surface area (Å²) in [6.07, 6.45) is 1.52. The van der Waals surface area contributed by atoms with E-state index in [1.165, 1.54) is 13.3 Å². The summed E-state index contributed by atoms with van der Waals surface area (Å²) in [4.78, 5) is 11.0. The van der Waals surface area contributed by atoms with Gasteiger partial charge in [-0.25, -0.2) is 10.1 Å². The number of benzene rings is 1. The van der Waals surface area contributed by atoms with Crippen molar-refractivity contribution in [3.63, 3.8) is 0 Å². The highest BCUT2D eigenvalue weighted by atomic mass is 16.5. The van der Waals surface area contributed by atoms with E-state index in [1.807, 2.05) is 5.32 Å². The zero-order chi connectivity index (χ0) is 10.4. The first-order valence-electron chi connectivity index (χ1n) is 3.87. The van der Waals surface area contributed by atoms with E-state index in [-0.39, 0.29) is 0 Å². The van der Waals surface area contributed by atoms with Crippen LogP contribution in [0, 0.1) is 11.5 Å². The molecule has 0 spiro atoms. The molecule has 0 saturated carbocycles. The molecule has 0 bridgehead atoms. The van der Waals surface area contributed by atoms with E-state index in [1.54, 1.807) is 24.3 Å². The number of anilines is 1. The standard InChI is InChI=1S/C9H9N3O2/c1-14-8-5-3-2-4-7(8)12-9(13)11-6-10/h2-5H,1H3,(H2,11,12,13). The van der Waals surface area contributed by atoms with Crippen LogP contribution >= 0.6 is 0 Å². The molecule has 0 unspecified atom stereocenters. The number of carbonyl (C=O) groups is 1. The lowest BCUT2D eigenvalue weighted by molar-refractivity contribution is 0.255. The summed E-state index contributed by atoms with van der Waals surface area (Å²) in [5.41, 5.74) is 0.516. The van der Waals surface area contributed by atoms with Gasteiger partial charge >= 0.3 is 6.03 Å². The van der Waals surface area contributed by atoms with Gasteiger partial charge in [0.2, 0.25) is 0 Å². The molecule has 0 atom stereocenters. The molecule has 0 aromatic heterocycles. The average molecular weight is 191 g/mol. The quantitative estimate of drug-likeness (QED) is 0.546. The monoisotopic (exact) mass is 191 g/mol. The first-order valence-corrected chi connectivity index (χ1v) is 3.87. The van der Waals surface area contributed by atoms with Gasteiger partial charge in [0.25, 0.3) is 0 Å². The van der Waals surface area contributed by atoms with E-state index in [9.17, 15) is 4.79 Å². The number of methoxy groups -OCH3 is 1. The van der Waals surface area contributed by atoms with Gasteiger partial charge in [-0.1, -0.05) is 12.1 Å². The summed E-state index contributed by atoms with van der Waals surface area (Å²) in [5.74, 6) is 0.542. The minimum atomic E-state index is -0.586. The molecule has 0 radical (unpaired) electrons. The van der Waals surface area contributed by atoms with Gasteiger partial charge < -0.3 is 10.1 Å². The van der Waals surface area contributed by atoms with E-state index >= 15 is 0 Å². The summed E-state index contributed by atoms with van der Waals surface area (Å²) < 4.78 is 5.00. The van der Waals surface area contributed by atoms with Crippen LogP contribution in [0.1, 0.15) is 0 Å². The number of para-hydroxylation sites is 2. The third-order valence-corrected chi connectivity index (χ3v) is 1.52. The highest BCUT2D eigenvalue weighted by Crippen LogP contribution is 2.22. The number of rotatable bonds is 2. The van der Waals surface area contributed by atoms with Crippen LogP contribution in [0.5, 0.6) is 5.75 Å². The molecule has 1 rings (SSSR count). The van der Waals surface area contributed by atoms with Crippen LogP contribution in [0.4, 0.5) is 10.5 Å². The molecule has 0 aliphatic rings. The number of amides is 2. The molecule has 0 fully saturated rings. The molecule has 5 nitrogen and oxygen atoms in total. The average Bonchev–Trinajstić information content (AvgIpc) is 2.19. The van der Waals surface area contributed by atoms with Crippen molar-refractivity contribution in [1.29, 1.82) is 5.26 Å². The largest absolute Gasteiger partial charge is 0.495 e. The topological polar surface area (TPSA) is 74.2 Å². The second-order valence-electron chi connectivity index (χ2n) is 2.39. The zero-order valence-electron chi connectivity index (χ0n) is 7.57. The number of nitriles is 1. The number of urea groups is 1. The van der Waals surface area contributed by atoms with E-state index in [0.717, 1.165) is 0 Å². The second kappa shape index (κ2) is 4.72. The van der Waals surface area contributed by atoms with Gasteiger partial charge in [0.05, 0.1) is 12.8 Å². The third-order valence-electron chi connectivity index (χ3n) is 1.52. The normalized spacial score (nSPS) is 8.57. The van der Waals surface area contributed by atoms with Crippen LogP contribution < -0.4 is 15.4 Å². The molecular formula is C9H9N3O2. The van der Waals surface area contributed by atoms with Crippen molar-refractivity contribution in [1.82, 2.24) is 5.32 Å². The molecule has 14 heavy (non-hydrogen) atoms. The number of hydrogen-bond donors (Lipinski definition) is 2. The van der Waals surface area contributed by atoms with Crippen molar-refractivity contribution in [2.24, 2.45) is 0 Å². The predicted molar refractivity (Wildman–Crippen MR) is 50.8 cm³/mol. The Kier molecular flexibility index (Phi) is 3.33. The van der Waals surface area contributed by atoms with Crippen molar-refractivity contribution in [2.45, 2.75) is 0 Å². The highest BCUT2D eigenvalue weighted by Gasteiger charge is 2.04. The van der Waals surface area contributed by atoms with Gasteiger partial charge in [0.1, 0.15) is 5.75 Å². The summed E-state index contributed by atoms with van der Waals surface area (Å²) in [5, 5.41) is 12.6. The van der Waals surface area contributed by atoms with E-state index in [4.69, 9.17) is 10.00 Å². The molecule has 5 heteroatoms. The molecule has 0 aliphatic carbocycles. The van der Waals surface area contributed by atoms with E-state index < -0.39 is 6.03 Å². The van der Waals surface area contributed by atoms with Crippen LogP contribution in [-0.4, -0.2) is 13.1 Å². The molecule has 2 amide bonds. The lowest BCUT2D eigenvalue weighted by Gasteiger charge is -2.07. The fraction of sp³-hybridized carbons (Fsp3) is 0.111. The second-order valence-corrected chi connectivity index (χ2v) is 2.39. The Morgan fingerprint density at radius 1 is 1.50 bits per heavy atom. The van der Waals surface area contributed by atoms with Crippen molar-refractivity contribution >= 4 is 11.7 Å². The Labute approximate surface area is 81.3 Å². The number of hydrogen-bond acceptors (Lipinski definition) is 3. The minimum absolute atomic E-state index is 0.516. The summed E-state index contributed by atoms with van der Waals surface area (Å²) >= 11 is 0. The Morgan fingerprint density at radius 3 is 2.86 bits per heavy atom. The molecule has 0 saturated heterocycles. The van der Waals surface area contributed by atoms with Gasteiger partial charge in [0, 0.05) is 0 Å². The van der Waals surface area contributed by atoms with Gasteiger partial charge in [-0.15, -0.1) is 0 Å².